The molecule has 0 aromatic heterocycles. The quantitative estimate of drug-likeness (QED) is 0.667. The minimum absolute atomic E-state index is 0.0324. The summed E-state index contributed by atoms with van der Waals surface area (Å²) in [6.45, 7) is -0.101. The molecule has 64 valence electrons. The molecule has 2 amide bonds. The molecule has 1 rings (SSSR count). The Morgan fingerprint density at radius 2 is 2.00 bits per heavy atom. The normalized spacial score (nSPS) is 9.42. The number of benzene rings is 1. The summed E-state index contributed by atoms with van der Waals surface area (Å²) < 4.78 is 12.6. The van der Waals surface area contributed by atoms with Gasteiger partial charge in [-0.1, -0.05) is 34.8 Å². The average Bonchev–Trinajstić information content (AvgIpc) is 2.06. The first kappa shape index (κ1) is 8.52. The van der Waals surface area contributed by atoms with E-state index in [1.165, 1.54) is 0 Å². The van der Waals surface area contributed by atoms with Gasteiger partial charge in [-0.05, 0) is 5.56 Å². The van der Waals surface area contributed by atoms with Crippen LogP contribution in [-0.2, 0) is 6.54 Å². The first-order valence-electron chi connectivity index (χ1n) is 3.47. The van der Waals surface area contributed by atoms with Crippen molar-refractivity contribution in [2.24, 2.45) is 5.73 Å². The number of carbonyl (C=O) groups is 1. The Balaban J connectivity index is 2.58. The van der Waals surface area contributed by atoms with Crippen molar-refractivity contribution in [1.29, 1.82) is 0 Å². The highest BCUT2D eigenvalue weighted by atomic mass is 19.2. The van der Waals surface area contributed by atoms with E-state index in [9.17, 15) is 9.28 Å². The fourth-order valence-corrected chi connectivity index (χ4v) is 0.822. The van der Waals surface area contributed by atoms with E-state index in [1.807, 2.05) is 6.07 Å². The van der Waals surface area contributed by atoms with Crippen molar-refractivity contribution in [2.75, 3.05) is 0 Å². The van der Waals surface area contributed by atoms with Crippen molar-refractivity contribution in [3.63, 3.8) is 0 Å². The number of rotatable bonds is 2. The smallest absolute Gasteiger partial charge is 0.343 e. The molecular weight excluding hydrogens is 159 g/mol. The van der Waals surface area contributed by atoms with E-state index in [1.54, 1.807) is 24.3 Å². The number of nitrogens with two attached hydrogens (primary N) is 1. The average molecular weight is 168 g/mol. The summed E-state index contributed by atoms with van der Waals surface area (Å²) in [7, 11) is 0. The van der Waals surface area contributed by atoms with Crippen molar-refractivity contribution in [3.8, 4) is 0 Å². The van der Waals surface area contributed by atoms with Crippen LogP contribution in [0.4, 0.5) is 9.28 Å². The summed E-state index contributed by atoms with van der Waals surface area (Å²) in [5.74, 6) is 0. The molecule has 0 aliphatic heterocycles. The molecule has 0 aliphatic rings. The van der Waals surface area contributed by atoms with Crippen molar-refractivity contribution in [2.45, 2.75) is 6.54 Å². The topological polar surface area (TPSA) is 46.3 Å². The fourth-order valence-electron chi connectivity index (χ4n) is 0.822. The third-order valence-corrected chi connectivity index (χ3v) is 1.40. The molecule has 0 spiro atoms. The molecule has 0 heterocycles. The Morgan fingerprint density at radius 3 is 2.50 bits per heavy atom. The van der Waals surface area contributed by atoms with Gasteiger partial charge in [-0.2, -0.15) is 5.12 Å². The predicted molar refractivity (Wildman–Crippen MR) is 42.7 cm³/mol. The van der Waals surface area contributed by atoms with Crippen molar-refractivity contribution in [1.82, 2.24) is 5.12 Å². The van der Waals surface area contributed by atoms with E-state index in [0.717, 1.165) is 0 Å². The second kappa shape index (κ2) is 3.71. The van der Waals surface area contributed by atoms with Crippen LogP contribution >= 0.6 is 0 Å². The largest absolute Gasteiger partial charge is 0.349 e. The zero-order valence-corrected chi connectivity index (χ0v) is 6.40. The van der Waals surface area contributed by atoms with Crippen LogP contribution in [-0.4, -0.2) is 11.2 Å². The summed E-state index contributed by atoms with van der Waals surface area (Å²) in [5.41, 5.74) is 5.40. The van der Waals surface area contributed by atoms with E-state index >= 15 is 0 Å². The lowest BCUT2D eigenvalue weighted by Gasteiger charge is -2.07. The zero-order valence-electron chi connectivity index (χ0n) is 6.40. The highest BCUT2D eigenvalue weighted by Crippen LogP contribution is 2.03. The van der Waals surface area contributed by atoms with Crippen LogP contribution in [0, 0.1) is 0 Å². The summed E-state index contributed by atoms with van der Waals surface area (Å²) in [6.07, 6.45) is 0. The Hall–Kier alpha value is -1.58. The van der Waals surface area contributed by atoms with Crippen LogP contribution in [0.3, 0.4) is 0 Å². The van der Waals surface area contributed by atoms with E-state index in [4.69, 9.17) is 5.73 Å². The molecule has 1 aromatic carbocycles. The van der Waals surface area contributed by atoms with Crippen LogP contribution in [0.25, 0.3) is 0 Å². The molecule has 2 N–H and O–H groups in total. The molecule has 1 aromatic rings. The second-order valence-corrected chi connectivity index (χ2v) is 2.34. The molecule has 0 saturated heterocycles. The fraction of sp³-hybridized carbons (Fsp3) is 0.125. The predicted octanol–water partition coefficient (Wildman–Crippen LogP) is 1.45. The lowest BCUT2D eigenvalue weighted by Crippen LogP contribution is -2.27. The van der Waals surface area contributed by atoms with E-state index in [0.29, 0.717) is 5.56 Å². The Kier molecular flexibility index (Phi) is 2.63. The highest BCUT2D eigenvalue weighted by Gasteiger charge is 2.07. The van der Waals surface area contributed by atoms with Gasteiger partial charge in [-0.25, -0.2) is 4.79 Å². The van der Waals surface area contributed by atoms with Gasteiger partial charge in [0.15, 0.2) is 0 Å². The van der Waals surface area contributed by atoms with Crippen molar-refractivity contribution < 1.29 is 9.28 Å². The maximum absolute atomic E-state index is 12.6. The van der Waals surface area contributed by atoms with E-state index < -0.39 is 6.03 Å². The summed E-state index contributed by atoms with van der Waals surface area (Å²) in [5, 5.41) is -0.0324. The minimum atomic E-state index is -1.07. The molecule has 0 fully saturated rings. The first-order valence-corrected chi connectivity index (χ1v) is 3.47. The molecular formula is C8H9FN2O. The molecule has 0 unspecified atom stereocenters. The molecule has 4 heteroatoms. The van der Waals surface area contributed by atoms with Crippen LogP contribution in [0.2, 0.25) is 0 Å². The van der Waals surface area contributed by atoms with Crippen LogP contribution in [0.5, 0.6) is 0 Å². The van der Waals surface area contributed by atoms with Crippen LogP contribution in [0.15, 0.2) is 30.3 Å². The van der Waals surface area contributed by atoms with Crippen LogP contribution < -0.4 is 5.73 Å². The molecule has 0 atom stereocenters. The molecule has 0 aliphatic carbocycles. The first-order chi connectivity index (χ1) is 5.70. The summed E-state index contributed by atoms with van der Waals surface area (Å²) in [6, 6.07) is 7.72. The van der Waals surface area contributed by atoms with Crippen molar-refractivity contribution in [3.05, 3.63) is 35.9 Å². The zero-order chi connectivity index (χ0) is 8.97. The van der Waals surface area contributed by atoms with Gasteiger partial charge in [-0.15, -0.1) is 0 Å². The Morgan fingerprint density at radius 1 is 1.42 bits per heavy atom. The van der Waals surface area contributed by atoms with Gasteiger partial charge in [0.2, 0.25) is 0 Å². The maximum atomic E-state index is 12.6. The van der Waals surface area contributed by atoms with Crippen molar-refractivity contribution >= 4 is 6.03 Å². The number of primary amides is 1. The monoisotopic (exact) mass is 168 g/mol. The minimum Gasteiger partial charge on any atom is -0.349 e. The third-order valence-electron chi connectivity index (χ3n) is 1.40. The maximum Gasteiger partial charge on any atom is 0.343 e. The van der Waals surface area contributed by atoms with Gasteiger partial charge in [0.1, 0.15) is 0 Å². The molecule has 0 saturated carbocycles. The SMILES string of the molecule is NC(=O)N(F)Cc1ccccc1. The van der Waals surface area contributed by atoms with Gasteiger partial charge in [-0.3, -0.25) is 0 Å². The number of nitrogens with zero attached hydrogens (tertiary/aromatic N) is 1. The third kappa shape index (κ3) is 2.23. The Bertz CT molecular complexity index is 263. The van der Waals surface area contributed by atoms with Gasteiger partial charge < -0.3 is 5.73 Å². The van der Waals surface area contributed by atoms with Gasteiger partial charge >= 0.3 is 6.03 Å². The van der Waals surface area contributed by atoms with Gasteiger partial charge in [0.25, 0.3) is 0 Å². The second-order valence-electron chi connectivity index (χ2n) is 2.34. The Labute approximate surface area is 69.5 Å². The van der Waals surface area contributed by atoms with Crippen LogP contribution in [0.1, 0.15) is 5.56 Å². The number of halogens is 1. The number of hydrogen-bond donors (Lipinski definition) is 1. The molecule has 12 heavy (non-hydrogen) atoms. The standard InChI is InChI=1S/C8H9FN2O/c9-11(8(10)12)6-7-4-2-1-3-5-7/h1-5H,6H2,(H2,10,12). The molecule has 0 bridgehead atoms. The lowest BCUT2D eigenvalue weighted by atomic mass is 10.2. The van der Waals surface area contributed by atoms with Gasteiger partial charge in [0.05, 0.1) is 6.54 Å². The lowest BCUT2D eigenvalue weighted by molar-refractivity contribution is 0.0645. The van der Waals surface area contributed by atoms with E-state index in [-0.39, 0.29) is 11.7 Å². The highest BCUT2D eigenvalue weighted by molar-refractivity contribution is 5.70. The number of carbonyl (C=O) groups excluding carboxylic acids is 1. The molecule has 3 nitrogen and oxygen atoms in total. The molecule has 0 radical (unpaired) electrons. The number of amides is 2. The summed E-state index contributed by atoms with van der Waals surface area (Å²) in [4.78, 5) is 10.3. The van der Waals surface area contributed by atoms with Gasteiger partial charge in [0, 0.05) is 0 Å². The summed E-state index contributed by atoms with van der Waals surface area (Å²) >= 11 is 0. The number of hydrogen-bond acceptors (Lipinski definition) is 1. The van der Waals surface area contributed by atoms with E-state index in [2.05, 4.69) is 0 Å². The number of urea groups is 1.